The van der Waals surface area contributed by atoms with Crippen LogP contribution in [0.3, 0.4) is 0 Å². The molecule has 1 aromatic carbocycles. The van der Waals surface area contributed by atoms with Crippen molar-refractivity contribution in [2.75, 3.05) is 13.1 Å². The summed E-state index contributed by atoms with van der Waals surface area (Å²) in [5, 5.41) is 4.70. The van der Waals surface area contributed by atoms with Gasteiger partial charge in [0.2, 0.25) is 5.91 Å². The molecule has 0 unspecified atom stereocenters. The summed E-state index contributed by atoms with van der Waals surface area (Å²) >= 11 is 0. The van der Waals surface area contributed by atoms with Gasteiger partial charge in [-0.15, -0.1) is 0 Å². The van der Waals surface area contributed by atoms with E-state index in [1.165, 1.54) is 0 Å². The van der Waals surface area contributed by atoms with Crippen LogP contribution in [0, 0.1) is 5.92 Å². The lowest BCUT2D eigenvalue weighted by atomic mass is 9.96. The predicted molar refractivity (Wildman–Crippen MR) is 106 cm³/mol. The first-order valence-corrected chi connectivity index (χ1v) is 9.60. The Labute approximate surface area is 163 Å². The van der Waals surface area contributed by atoms with Crippen LogP contribution in [0.25, 0.3) is 16.9 Å². The molecule has 0 radical (unpaired) electrons. The maximum Gasteiger partial charge on any atom is 0.257 e. The second-order valence-corrected chi connectivity index (χ2v) is 7.11. The maximum absolute atomic E-state index is 13.1. The molecule has 0 saturated carbocycles. The van der Waals surface area contributed by atoms with Crippen molar-refractivity contribution in [2.45, 2.75) is 26.2 Å². The highest BCUT2D eigenvalue weighted by Gasteiger charge is 2.28. The van der Waals surface area contributed by atoms with Gasteiger partial charge in [-0.05, 0) is 19.3 Å². The standard InChI is InChI=1S/C21H23N5O2/c1-2-18-16(21(28)25-10-8-15(9-11-25)20(22)27)13-23-19-12-17(24-26(18)19)14-6-4-3-5-7-14/h3-7,12-13,15H,2,8-11H2,1H3,(H2,22,27). The molecule has 1 saturated heterocycles. The van der Waals surface area contributed by atoms with Gasteiger partial charge in [-0.25, -0.2) is 9.50 Å². The predicted octanol–water partition coefficient (Wildman–Crippen LogP) is 2.30. The number of aryl methyl sites for hydroxylation is 1. The molecule has 7 heteroatoms. The van der Waals surface area contributed by atoms with Gasteiger partial charge in [-0.3, -0.25) is 9.59 Å². The maximum atomic E-state index is 13.1. The van der Waals surface area contributed by atoms with Gasteiger partial charge in [0.1, 0.15) is 0 Å². The highest BCUT2D eigenvalue weighted by atomic mass is 16.2. The number of carbonyl (C=O) groups excluding carboxylic acids is 2. The first kappa shape index (κ1) is 18.2. The van der Waals surface area contributed by atoms with E-state index in [-0.39, 0.29) is 17.7 Å². The summed E-state index contributed by atoms with van der Waals surface area (Å²) in [7, 11) is 0. The van der Waals surface area contributed by atoms with E-state index in [9.17, 15) is 9.59 Å². The summed E-state index contributed by atoms with van der Waals surface area (Å²) < 4.78 is 1.77. The van der Waals surface area contributed by atoms with Crippen molar-refractivity contribution >= 4 is 17.5 Å². The number of rotatable bonds is 4. The topological polar surface area (TPSA) is 93.6 Å². The number of benzene rings is 1. The van der Waals surface area contributed by atoms with E-state index in [4.69, 9.17) is 10.8 Å². The van der Waals surface area contributed by atoms with Crippen LogP contribution in [0.5, 0.6) is 0 Å². The van der Waals surface area contributed by atoms with E-state index in [2.05, 4.69) is 4.98 Å². The van der Waals surface area contributed by atoms with Crippen LogP contribution >= 0.6 is 0 Å². The minimum atomic E-state index is -0.283. The number of fused-ring (bicyclic) bond motifs is 1. The third-order valence-electron chi connectivity index (χ3n) is 5.40. The zero-order valence-electron chi connectivity index (χ0n) is 15.8. The summed E-state index contributed by atoms with van der Waals surface area (Å²) in [5.74, 6) is -0.491. The number of primary amides is 1. The van der Waals surface area contributed by atoms with Crippen LogP contribution in [0.15, 0.2) is 42.6 Å². The molecule has 4 rings (SSSR count). The van der Waals surface area contributed by atoms with E-state index >= 15 is 0 Å². The molecule has 7 nitrogen and oxygen atoms in total. The van der Waals surface area contributed by atoms with Crippen LogP contribution in [0.1, 0.15) is 35.8 Å². The molecule has 1 aliphatic rings. The fourth-order valence-electron chi connectivity index (χ4n) is 3.79. The Kier molecular flexibility index (Phi) is 4.81. The third-order valence-corrected chi connectivity index (χ3v) is 5.40. The molecule has 1 aliphatic heterocycles. The van der Waals surface area contributed by atoms with E-state index < -0.39 is 0 Å². The third kappa shape index (κ3) is 3.24. The van der Waals surface area contributed by atoms with Crippen molar-refractivity contribution in [2.24, 2.45) is 11.7 Å². The summed E-state index contributed by atoms with van der Waals surface area (Å²) in [6.45, 7) is 3.07. The number of likely N-dealkylation sites (tertiary alicyclic amines) is 1. The number of nitrogens with zero attached hydrogens (tertiary/aromatic N) is 4. The molecule has 2 N–H and O–H groups in total. The molecule has 144 valence electrons. The van der Waals surface area contributed by atoms with E-state index in [1.54, 1.807) is 15.6 Å². The lowest BCUT2D eigenvalue weighted by Crippen LogP contribution is -2.42. The molecular weight excluding hydrogens is 354 g/mol. The van der Waals surface area contributed by atoms with E-state index in [0.29, 0.717) is 37.9 Å². The quantitative estimate of drug-likeness (QED) is 0.755. The number of carbonyl (C=O) groups is 2. The lowest BCUT2D eigenvalue weighted by molar-refractivity contribution is -0.123. The average molecular weight is 377 g/mol. The second-order valence-electron chi connectivity index (χ2n) is 7.11. The van der Waals surface area contributed by atoms with Gasteiger partial charge in [0, 0.05) is 36.8 Å². The van der Waals surface area contributed by atoms with E-state index in [1.807, 2.05) is 43.3 Å². The van der Waals surface area contributed by atoms with Crippen molar-refractivity contribution in [1.29, 1.82) is 0 Å². The van der Waals surface area contributed by atoms with Gasteiger partial charge < -0.3 is 10.6 Å². The van der Waals surface area contributed by atoms with Gasteiger partial charge in [0.05, 0.1) is 17.0 Å². The highest BCUT2D eigenvalue weighted by Crippen LogP contribution is 2.23. The number of aromatic nitrogens is 3. The largest absolute Gasteiger partial charge is 0.369 e. The second kappa shape index (κ2) is 7.42. The average Bonchev–Trinajstić information content (AvgIpc) is 3.17. The minimum absolute atomic E-state index is 0.0640. The molecule has 3 heterocycles. The normalized spacial score (nSPS) is 15.1. The molecule has 1 fully saturated rings. The van der Waals surface area contributed by atoms with Crippen LogP contribution in [-0.2, 0) is 11.2 Å². The fourth-order valence-corrected chi connectivity index (χ4v) is 3.79. The van der Waals surface area contributed by atoms with Crippen LogP contribution < -0.4 is 5.73 Å². The molecule has 2 aromatic heterocycles. The summed E-state index contributed by atoms with van der Waals surface area (Å²) in [6, 6.07) is 11.8. The van der Waals surface area contributed by atoms with Crippen molar-refractivity contribution in [3.05, 3.63) is 53.9 Å². The van der Waals surface area contributed by atoms with E-state index in [0.717, 1.165) is 22.6 Å². The molecule has 0 atom stereocenters. The first-order chi connectivity index (χ1) is 13.6. The Morgan fingerprint density at radius 3 is 2.54 bits per heavy atom. The number of amides is 2. The van der Waals surface area contributed by atoms with Crippen molar-refractivity contribution in [3.63, 3.8) is 0 Å². The van der Waals surface area contributed by atoms with Gasteiger partial charge >= 0.3 is 0 Å². The highest BCUT2D eigenvalue weighted by molar-refractivity contribution is 5.95. The summed E-state index contributed by atoms with van der Waals surface area (Å²) in [4.78, 5) is 30.7. The zero-order valence-corrected chi connectivity index (χ0v) is 15.8. The Balaban J connectivity index is 1.66. The van der Waals surface area contributed by atoms with Crippen molar-refractivity contribution in [3.8, 4) is 11.3 Å². The molecule has 3 aromatic rings. The summed E-state index contributed by atoms with van der Waals surface area (Å²) in [5.41, 5.74) is 9.36. The van der Waals surface area contributed by atoms with Gasteiger partial charge in [-0.1, -0.05) is 37.3 Å². The number of hydrogen-bond acceptors (Lipinski definition) is 4. The Hall–Kier alpha value is -3.22. The fraction of sp³-hybridized carbons (Fsp3) is 0.333. The van der Waals surface area contributed by atoms with Gasteiger partial charge in [0.15, 0.2) is 5.65 Å². The Morgan fingerprint density at radius 1 is 1.18 bits per heavy atom. The van der Waals surface area contributed by atoms with Crippen molar-refractivity contribution in [1.82, 2.24) is 19.5 Å². The summed E-state index contributed by atoms with van der Waals surface area (Å²) in [6.07, 6.45) is 3.52. The van der Waals surface area contributed by atoms with Crippen LogP contribution in [0.2, 0.25) is 0 Å². The zero-order chi connectivity index (χ0) is 19.7. The molecular formula is C21H23N5O2. The van der Waals surface area contributed by atoms with Gasteiger partial charge in [0.25, 0.3) is 5.91 Å². The SMILES string of the molecule is CCc1c(C(=O)N2CCC(C(N)=O)CC2)cnc2cc(-c3ccccc3)nn12. The molecule has 0 aliphatic carbocycles. The number of hydrogen-bond donors (Lipinski definition) is 1. The van der Waals surface area contributed by atoms with Crippen LogP contribution in [-0.4, -0.2) is 44.4 Å². The first-order valence-electron chi connectivity index (χ1n) is 9.60. The minimum Gasteiger partial charge on any atom is -0.369 e. The van der Waals surface area contributed by atoms with Gasteiger partial charge in [-0.2, -0.15) is 5.10 Å². The monoisotopic (exact) mass is 377 g/mol. The molecule has 0 bridgehead atoms. The molecule has 0 spiro atoms. The Morgan fingerprint density at radius 2 is 1.89 bits per heavy atom. The number of nitrogens with two attached hydrogens (primary N) is 1. The number of piperidine rings is 1. The molecule has 28 heavy (non-hydrogen) atoms. The lowest BCUT2D eigenvalue weighted by Gasteiger charge is -2.31. The molecule has 2 amide bonds. The Bertz CT molecular complexity index is 1020. The smallest absolute Gasteiger partial charge is 0.257 e. The van der Waals surface area contributed by atoms with Crippen molar-refractivity contribution < 1.29 is 9.59 Å². The van der Waals surface area contributed by atoms with Crippen LogP contribution in [0.4, 0.5) is 0 Å².